The number of hydrogen-bond donors (Lipinski definition) is 1. The average Bonchev–Trinajstić information content (AvgIpc) is 2.96. The summed E-state index contributed by atoms with van der Waals surface area (Å²) < 4.78 is 39.6. The number of hydrogen-bond acceptors (Lipinski definition) is 4. The third kappa shape index (κ3) is 1.93. The number of anilines is 1. The fourth-order valence-electron chi connectivity index (χ4n) is 1.74. The molecule has 0 bridgehead atoms. The molecule has 4 nitrogen and oxygen atoms in total. The second-order valence-electron chi connectivity index (χ2n) is 3.87. The van der Waals surface area contributed by atoms with Gasteiger partial charge >= 0.3 is 6.18 Å². The number of nitrogens with two attached hydrogens (primary N) is 1. The number of halogens is 3. The first-order valence-corrected chi connectivity index (χ1v) is 6.08. The zero-order valence-electron chi connectivity index (χ0n) is 9.35. The summed E-state index contributed by atoms with van der Waals surface area (Å²) in [7, 11) is 0. The fraction of sp³-hybridized carbons (Fsp3) is 0.0909. The molecule has 2 heterocycles. The normalized spacial score (nSPS) is 12.2. The number of benzene rings is 1. The molecule has 0 unspecified atom stereocenters. The molecule has 0 aliphatic carbocycles. The molecular weight excluding hydrogens is 277 g/mol. The molecule has 0 saturated heterocycles. The van der Waals surface area contributed by atoms with Crippen molar-refractivity contribution in [2.45, 2.75) is 6.18 Å². The molecule has 2 N–H and O–H groups in total. The Kier molecular flexibility index (Phi) is 2.49. The molecular formula is C11H7F3N4S. The molecule has 0 radical (unpaired) electrons. The van der Waals surface area contributed by atoms with Crippen molar-refractivity contribution in [1.82, 2.24) is 14.8 Å². The Labute approximate surface area is 109 Å². The van der Waals surface area contributed by atoms with Crippen molar-refractivity contribution in [1.29, 1.82) is 0 Å². The molecule has 3 aromatic rings. The molecule has 3 rings (SSSR count). The van der Waals surface area contributed by atoms with Crippen molar-refractivity contribution in [3.8, 4) is 5.69 Å². The highest BCUT2D eigenvalue weighted by atomic mass is 32.1. The zero-order chi connectivity index (χ0) is 13.6. The summed E-state index contributed by atoms with van der Waals surface area (Å²) in [6.45, 7) is 0. The van der Waals surface area contributed by atoms with Crippen LogP contribution in [-0.4, -0.2) is 14.8 Å². The number of nitrogens with zero attached hydrogens (tertiary/aromatic N) is 3. The lowest BCUT2D eigenvalue weighted by atomic mass is 10.2. The lowest BCUT2D eigenvalue weighted by Crippen LogP contribution is -2.04. The van der Waals surface area contributed by atoms with E-state index >= 15 is 0 Å². The fourth-order valence-corrected chi connectivity index (χ4v) is 2.43. The van der Waals surface area contributed by atoms with Crippen LogP contribution in [0.25, 0.3) is 15.9 Å². The van der Waals surface area contributed by atoms with Crippen LogP contribution in [0.3, 0.4) is 0 Å². The van der Waals surface area contributed by atoms with Crippen LogP contribution in [0.1, 0.15) is 5.56 Å². The lowest BCUT2D eigenvalue weighted by molar-refractivity contribution is -0.137. The van der Waals surface area contributed by atoms with Gasteiger partial charge in [0.15, 0.2) is 0 Å². The highest BCUT2D eigenvalue weighted by molar-refractivity contribution is 7.16. The highest BCUT2D eigenvalue weighted by Crippen LogP contribution is 2.32. The molecule has 2 aromatic heterocycles. The van der Waals surface area contributed by atoms with Gasteiger partial charge in [-0.3, -0.25) is 0 Å². The maximum absolute atomic E-state index is 12.5. The molecule has 0 aliphatic rings. The molecule has 0 aliphatic heterocycles. The van der Waals surface area contributed by atoms with E-state index in [-0.39, 0.29) is 0 Å². The second-order valence-corrected chi connectivity index (χ2v) is 4.76. The highest BCUT2D eigenvalue weighted by Gasteiger charge is 2.32. The van der Waals surface area contributed by atoms with Crippen molar-refractivity contribution in [2.24, 2.45) is 0 Å². The number of nitrogen functional groups attached to an aromatic ring is 1. The number of fused-ring (bicyclic) bond motifs is 1. The Morgan fingerprint density at radius 1 is 1.26 bits per heavy atom. The topological polar surface area (TPSA) is 56.7 Å². The van der Waals surface area contributed by atoms with Crippen molar-refractivity contribution >= 4 is 27.2 Å². The SMILES string of the molecule is Nc1c(-n2cc(C(F)(F)F)cn2)ccc2scnc12. The van der Waals surface area contributed by atoms with Crippen LogP contribution in [0.4, 0.5) is 18.9 Å². The Hall–Kier alpha value is -2.09. The minimum atomic E-state index is -4.42. The summed E-state index contributed by atoms with van der Waals surface area (Å²) >= 11 is 1.41. The van der Waals surface area contributed by atoms with E-state index in [0.29, 0.717) is 16.9 Å². The maximum Gasteiger partial charge on any atom is 0.419 e. The molecule has 8 heteroatoms. The molecule has 0 fully saturated rings. The molecule has 19 heavy (non-hydrogen) atoms. The van der Waals surface area contributed by atoms with Crippen LogP contribution in [0.5, 0.6) is 0 Å². The Morgan fingerprint density at radius 3 is 2.74 bits per heavy atom. The van der Waals surface area contributed by atoms with E-state index in [9.17, 15) is 13.2 Å². The van der Waals surface area contributed by atoms with Crippen molar-refractivity contribution in [3.63, 3.8) is 0 Å². The van der Waals surface area contributed by atoms with Gasteiger partial charge in [-0.05, 0) is 12.1 Å². The van der Waals surface area contributed by atoms with Gasteiger partial charge in [0.2, 0.25) is 0 Å². The molecule has 1 aromatic carbocycles. The smallest absolute Gasteiger partial charge is 0.395 e. The molecule has 0 amide bonds. The number of thiazole rings is 1. The lowest BCUT2D eigenvalue weighted by Gasteiger charge is -2.06. The zero-order valence-corrected chi connectivity index (χ0v) is 10.2. The van der Waals surface area contributed by atoms with Gasteiger partial charge in [-0.25, -0.2) is 9.67 Å². The van der Waals surface area contributed by atoms with E-state index in [1.807, 2.05) is 0 Å². The third-order valence-electron chi connectivity index (χ3n) is 2.68. The van der Waals surface area contributed by atoms with Crippen molar-refractivity contribution in [3.05, 3.63) is 35.6 Å². The van der Waals surface area contributed by atoms with Gasteiger partial charge in [-0.1, -0.05) is 0 Å². The second kappa shape index (κ2) is 3.95. The summed E-state index contributed by atoms with van der Waals surface area (Å²) in [6, 6.07) is 3.39. The van der Waals surface area contributed by atoms with Gasteiger partial charge in [-0.2, -0.15) is 18.3 Å². The van der Waals surface area contributed by atoms with Crippen molar-refractivity contribution in [2.75, 3.05) is 5.73 Å². The van der Waals surface area contributed by atoms with Gasteiger partial charge in [0.1, 0.15) is 5.52 Å². The van der Waals surface area contributed by atoms with Gasteiger partial charge in [0.05, 0.1) is 33.3 Å². The summed E-state index contributed by atoms with van der Waals surface area (Å²) in [4.78, 5) is 4.09. The first-order valence-electron chi connectivity index (χ1n) is 5.21. The third-order valence-corrected chi connectivity index (χ3v) is 3.47. The molecule has 0 saturated carbocycles. The number of rotatable bonds is 1. The first kappa shape index (κ1) is 12.0. The Bertz CT molecular complexity index is 744. The largest absolute Gasteiger partial charge is 0.419 e. The van der Waals surface area contributed by atoms with Gasteiger partial charge in [-0.15, -0.1) is 11.3 Å². The van der Waals surface area contributed by atoms with Crippen LogP contribution in [-0.2, 0) is 6.18 Å². The Balaban J connectivity index is 2.14. The summed E-state index contributed by atoms with van der Waals surface area (Å²) in [5.41, 5.74) is 8.01. The predicted octanol–water partition coefficient (Wildman–Crippen LogP) is 3.08. The minimum absolute atomic E-state index is 0.315. The summed E-state index contributed by atoms with van der Waals surface area (Å²) in [5.74, 6) is 0. The van der Waals surface area contributed by atoms with Gasteiger partial charge < -0.3 is 5.73 Å². The quantitative estimate of drug-likeness (QED) is 0.699. The summed E-state index contributed by atoms with van der Waals surface area (Å²) in [5, 5.41) is 3.70. The minimum Gasteiger partial charge on any atom is -0.395 e. The van der Waals surface area contributed by atoms with E-state index in [0.717, 1.165) is 21.8 Å². The van der Waals surface area contributed by atoms with E-state index in [4.69, 9.17) is 5.73 Å². The van der Waals surface area contributed by atoms with Crippen LogP contribution >= 0.6 is 11.3 Å². The van der Waals surface area contributed by atoms with E-state index in [1.54, 1.807) is 17.6 Å². The van der Waals surface area contributed by atoms with Crippen LogP contribution in [0.15, 0.2) is 30.0 Å². The predicted molar refractivity (Wildman–Crippen MR) is 66.2 cm³/mol. The maximum atomic E-state index is 12.5. The molecule has 0 atom stereocenters. The Morgan fingerprint density at radius 2 is 2.05 bits per heavy atom. The van der Waals surface area contributed by atoms with E-state index in [1.165, 1.54) is 11.3 Å². The van der Waals surface area contributed by atoms with E-state index in [2.05, 4.69) is 10.1 Å². The molecule has 0 spiro atoms. The monoisotopic (exact) mass is 284 g/mol. The van der Waals surface area contributed by atoms with Crippen LogP contribution < -0.4 is 5.73 Å². The standard InChI is InChI=1S/C11H7F3N4S/c12-11(13,14)6-3-17-18(4-6)7-1-2-8-10(9(7)15)16-5-19-8/h1-5H,15H2. The van der Waals surface area contributed by atoms with Crippen LogP contribution in [0.2, 0.25) is 0 Å². The van der Waals surface area contributed by atoms with Crippen LogP contribution in [0, 0.1) is 0 Å². The molecule has 98 valence electrons. The number of alkyl halides is 3. The first-order chi connectivity index (χ1) is 8.97. The van der Waals surface area contributed by atoms with Crippen molar-refractivity contribution < 1.29 is 13.2 Å². The number of aromatic nitrogens is 3. The summed E-state index contributed by atoms with van der Waals surface area (Å²) in [6.07, 6.45) is -2.74. The average molecular weight is 284 g/mol. The van der Waals surface area contributed by atoms with Gasteiger partial charge in [0, 0.05) is 6.20 Å². The van der Waals surface area contributed by atoms with Gasteiger partial charge in [0.25, 0.3) is 0 Å². The van der Waals surface area contributed by atoms with E-state index < -0.39 is 11.7 Å².